The molecule has 4 rings (SSSR count). The molecule has 0 bridgehead atoms. The van der Waals surface area contributed by atoms with Crippen molar-refractivity contribution in [2.75, 3.05) is 19.8 Å². The molecular weight excluding hydrogens is 420 g/mol. The van der Waals surface area contributed by atoms with E-state index in [4.69, 9.17) is 20.9 Å². The SMILES string of the molecule is Cc1onc(-c2ccccc2Cl)c1C(=O)NCC1(Sc2ccccc2)CCOCC1. The van der Waals surface area contributed by atoms with Crippen LogP contribution in [0.3, 0.4) is 0 Å². The number of carbonyl (C=O) groups excluding carboxylic acids is 1. The minimum atomic E-state index is -0.205. The molecule has 1 aromatic heterocycles. The first-order valence-corrected chi connectivity index (χ1v) is 11.1. The minimum absolute atomic E-state index is 0.120. The zero-order valence-electron chi connectivity index (χ0n) is 16.7. The predicted molar refractivity (Wildman–Crippen MR) is 119 cm³/mol. The van der Waals surface area contributed by atoms with Gasteiger partial charge in [0.15, 0.2) is 0 Å². The fourth-order valence-corrected chi connectivity index (χ4v) is 5.14. The summed E-state index contributed by atoms with van der Waals surface area (Å²) in [5.41, 5.74) is 1.57. The van der Waals surface area contributed by atoms with E-state index >= 15 is 0 Å². The molecular formula is C23H23ClN2O3S. The summed E-state index contributed by atoms with van der Waals surface area (Å²) in [7, 11) is 0. The maximum absolute atomic E-state index is 13.2. The van der Waals surface area contributed by atoms with Gasteiger partial charge in [-0.15, -0.1) is 11.8 Å². The Balaban J connectivity index is 1.55. The second-order valence-corrected chi connectivity index (χ2v) is 9.28. The van der Waals surface area contributed by atoms with Crippen molar-refractivity contribution in [3.63, 3.8) is 0 Å². The third-order valence-corrected chi connectivity index (χ3v) is 7.09. The highest BCUT2D eigenvalue weighted by Gasteiger charge is 2.35. The second-order valence-electron chi connectivity index (χ2n) is 7.34. The van der Waals surface area contributed by atoms with Crippen molar-refractivity contribution >= 4 is 29.3 Å². The van der Waals surface area contributed by atoms with E-state index in [-0.39, 0.29) is 10.7 Å². The van der Waals surface area contributed by atoms with Gasteiger partial charge in [0, 0.05) is 35.0 Å². The van der Waals surface area contributed by atoms with Crippen LogP contribution in [-0.4, -0.2) is 35.6 Å². The molecule has 1 amide bonds. The molecule has 0 radical (unpaired) electrons. The number of halogens is 1. The minimum Gasteiger partial charge on any atom is -0.381 e. The van der Waals surface area contributed by atoms with Crippen molar-refractivity contribution in [3.8, 4) is 11.3 Å². The Labute approximate surface area is 185 Å². The molecule has 5 nitrogen and oxygen atoms in total. The number of carbonyl (C=O) groups is 1. The smallest absolute Gasteiger partial charge is 0.257 e. The van der Waals surface area contributed by atoms with E-state index in [9.17, 15) is 4.79 Å². The van der Waals surface area contributed by atoms with Gasteiger partial charge >= 0.3 is 0 Å². The summed E-state index contributed by atoms with van der Waals surface area (Å²) in [6.45, 7) is 3.65. The maximum atomic E-state index is 13.2. The van der Waals surface area contributed by atoms with Crippen LogP contribution in [0.5, 0.6) is 0 Å². The quantitative estimate of drug-likeness (QED) is 0.555. The van der Waals surface area contributed by atoms with Crippen LogP contribution in [-0.2, 0) is 4.74 Å². The standard InChI is InChI=1S/C23H23ClN2O3S/c1-16-20(21(26-29-16)18-9-5-6-10-19(18)24)22(27)25-15-23(11-13-28-14-12-23)30-17-7-3-2-4-8-17/h2-10H,11-15H2,1H3,(H,25,27). The molecule has 1 fully saturated rings. The summed E-state index contributed by atoms with van der Waals surface area (Å²) in [4.78, 5) is 14.4. The molecule has 156 valence electrons. The van der Waals surface area contributed by atoms with Crippen LogP contribution >= 0.6 is 23.4 Å². The summed E-state index contributed by atoms with van der Waals surface area (Å²) >= 11 is 8.13. The number of nitrogens with zero attached hydrogens (tertiary/aromatic N) is 1. The van der Waals surface area contributed by atoms with Gasteiger partial charge in [-0.2, -0.15) is 0 Å². The Morgan fingerprint density at radius 3 is 2.57 bits per heavy atom. The summed E-state index contributed by atoms with van der Waals surface area (Å²) in [5.74, 6) is 0.266. The largest absolute Gasteiger partial charge is 0.381 e. The van der Waals surface area contributed by atoms with Crippen molar-refractivity contribution < 1.29 is 14.1 Å². The topological polar surface area (TPSA) is 64.4 Å². The lowest BCUT2D eigenvalue weighted by molar-refractivity contribution is 0.0741. The Morgan fingerprint density at radius 2 is 1.83 bits per heavy atom. The van der Waals surface area contributed by atoms with Crippen LogP contribution < -0.4 is 5.32 Å². The summed E-state index contributed by atoms with van der Waals surface area (Å²) < 4.78 is 10.8. The molecule has 0 saturated carbocycles. The van der Waals surface area contributed by atoms with Gasteiger partial charge < -0.3 is 14.6 Å². The van der Waals surface area contributed by atoms with E-state index in [1.165, 1.54) is 4.90 Å². The first-order valence-electron chi connectivity index (χ1n) is 9.89. The molecule has 0 spiro atoms. The fraction of sp³-hybridized carbons (Fsp3) is 0.304. The van der Waals surface area contributed by atoms with Crippen molar-refractivity contribution in [3.05, 3.63) is 70.9 Å². The number of amides is 1. The van der Waals surface area contributed by atoms with Gasteiger partial charge in [0.25, 0.3) is 5.91 Å². The first-order chi connectivity index (χ1) is 14.6. The molecule has 1 N–H and O–H groups in total. The van der Waals surface area contributed by atoms with Crippen LogP contribution in [0.15, 0.2) is 64.0 Å². The number of rotatable bonds is 6. The average Bonchev–Trinajstić information content (AvgIpc) is 3.15. The highest BCUT2D eigenvalue weighted by Crippen LogP contribution is 2.40. The van der Waals surface area contributed by atoms with E-state index in [0.29, 0.717) is 47.4 Å². The van der Waals surface area contributed by atoms with Gasteiger partial charge in [-0.1, -0.05) is 53.2 Å². The number of hydrogen-bond acceptors (Lipinski definition) is 5. The number of benzene rings is 2. The van der Waals surface area contributed by atoms with Crippen LogP contribution in [0.2, 0.25) is 5.02 Å². The van der Waals surface area contributed by atoms with Crippen molar-refractivity contribution in [2.45, 2.75) is 29.4 Å². The predicted octanol–water partition coefficient (Wildman–Crippen LogP) is 5.37. The number of thioether (sulfide) groups is 1. The van der Waals surface area contributed by atoms with E-state index in [2.05, 4.69) is 22.6 Å². The fourth-order valence-electron chi connectivity index (χ4n) is 3.60. The van der Waals surface area contributed by atoms with Gasteiger partial charge in [-0.3, -0.25) is 4.79 Å². The average molecular weight is 443 g/mol. The molecule has 0 atom stereocenters. The zero-order valence-corrected chi connectivity index (χ0v) is 18.3. The van der Waals surface area contributed by atoms with Gasteiger partial charge in [-0.25, -0.2) is 0 Å². The van der Waals surface area contributed by atoms with Crippen LogP contribution in [0.4, 0.5) is 0 Å². The molecule has 2 heterocycles. The lowest BCUT2D eigenvalue weighted by Gasteiger charge is -2.36. The van der Waals surface area contributed by atoms with E-state index in [1.807, 2.05) is 36.4 Å². The molecule has 0 aliphatic carbocycles. The second kappa shape index (κ2) is 9.25. The number of ether oxygens (including phenoxy) is 1. The van der Waals surface area contributed by atoms with Gasteiger partial charge in [0.1, 0.15) is 17.0 Å². The molecule has 30 heavy (non-hydrogen) atoms. The third-order valence-electron chi connectivity index (χ3n) is 5.27. The van der Waals surface area contributed by atoms with E-state index < -0.39 is 0 Å². The van der Waals surface area contributed by atoms with Crippen LogP contribution in [0, 0.1) is 6.92 Å². The molecule has 1 aliphatic rings. The zero-order chi connectivity index (χ0) is 21.0. The Morgan fingerprint density at radius 1 is 1.13 bits per heavy atom. The summed E-state index contributed by atoms with van der Waals surface area (Å²) in [6, 6.07) is 17.6. The van der Waals surface area contributed by atoms with Gasteiger partial charge in [0.2, 0.25) is 0 Å². The van der Waals surface area contributed by atoms with Crippen molar-refractivity contribution in [1.82, 2.24) is 10.5 Å². The number of hydrogen-bond donors (Lipinski definition) is 1. The van der Waals surface area contributed by atoms with Gasteiger partial charge in [0.05, 0.1) is 5.02 Å². The lowest BCUT2D eigenvalue weighted by atomic mass is 9.98. The van der Waals surface area contributed by atoms with Gasteiger partial charge in [-0.05, 0) is 38.0 Å². The molecule has 2 aromatic carbocycles. The van der Waals surface area contributed by atoms with Crippen LogP contribution in [0.25, 0.3) is 11.3 Å². The summed E-state index contributed by atoms with van der Waals surface area (Å²) in [5, 5.41) is 7.76. The third kappa shape index (κ3) is 4.56. The molecule has 7 heteroatoms. The van der Waals surface area contributed by atoms with Crippen molar-refractivity contribution in [2.24, 2.45) is 0 Å². The number of nitrogens with one attached hydrogen (secondary N) is 1. The van der Waals surface area contributed by atoms with E-state index in [1.54, 1.807) is 24.8 Å². The maximum Gasteiger partial charge on any atom is 0.257 e. The molecule has 1 aliphatic heterocycles. The normalized spacial score (nSPS) is 15.7. The molecule has 0 unspecified atom stereocenters. The summed E-state index contributed by atoms with van der Waals surface area (Å²) in [6.07, 6.45) is 1.74. The highest BCUT2D eigenvalue weighted by molar-refractivity contribution is 8.00. The number of aryl methyl sites for hydroxylation is 1. The van der Waals surface area contributed by atoms with E-state index in [0.717, 1.165) is 12.8 Å². The first kappa shape index (κ1) is 21.0. The monoisotopic (exact) mass is 442 g/mol. The highest BCUT2D eigenvalue weighted by atomic mass is 35.5. The van der Waals surface area contributed by atoms with Crippen LogP contribution in [0.1, 0.15) is 29.0 Å². The molecule has 1 saturated heterocycles. The number of aromatic nitrogens is 1. The molecule has 3 aromatic rings. The Kier molecular flexibility index (Phi) is 6.46. The lowest BCUT2D eigenvalue weighted by Crippen LogP contribution is -2.44. The Hall–Kier alpha value is -2.28. The van der Waals surface area contributed by atoms with Crippen molar-refractivity contribution in [1.29, 1.82) is 0 Å². The Bertz CT molecular complexity index is 1020.